The van der Waals surface area contributed by atoms with Crippen molar-refractivity contribution in [1.82, 2.24) is 5.32 Å². The first-order valence-electron chi connectivity index (χ1n) is 6.96. The van der Waals surface area contributed by atoms with Crippen LogP contribution < -0.4 is 5.32 Å². The first-order chi connectivity index (χ1) is 7.58. The highest BCUT2D eigenvalue weighted by Gasteiger charge is 2.36. The number of ether oxygens (including phenoxy) is 1. The molecule has 0 saturated carbocycles. The van der Waals surface area contributed by atoms with Gasteiger partial charge in [-0.1, -0.05) is 20.8 Å². The lowest BCUT2D eigenvalue weighted by molar-refractivity contribution is -0.0919. The van der Waals surface area contributed by atoms with Crippen molar-refractivity contribution in [2.24, 2.45) is 5.92 Å². The summed E-state index contributed by atoms with van der Waals surface area (Å²) in [6.07, 6.45) is 6.18. The number of hydrogen-bond acceptors (Lipinski definition) is 2. The molecule has 0 radical (unpaired) electrons. The quantitative estimate of drug-likeness (QED) is 0.751. The fourth-order valence-electron chi connectivity index (χ4n) is 2.57. The van der Waals surface area contributed by atoms with Crippen molar-refractivity contribution in [3.05, 3.63) is 0 Å². The molecule has 1 saturated heterocycles. The molecule has 0 aromatic heterocycles. The van der Waals surface area contributed by atoms with Crippen molar-refractivity contribution in [3.63, 3.8) is 0 Å². The van der Waals surface area contributed by atoms with Crippen LogP contribution in [0.3, 0.4) is 0 Å². The molecule has 0 aromatic carbocycles. The van der Waals surface area contributed by atoms with Gasteiger partial charge in [0.2, 0.25) is 0 Å². The van der Waals surface area contributed by atoms with E-state index in [2.05, 4.69) is 33.0 Å². The van der Waals surface area contributed by atoms with Crippen LogP contribution in [0.5, 0.6) is 0 Å². The Kier molecular flexibility index (Phi) is 5.77. The predicted octanol–water partition coefficient (Wildman–Crippen LogP) is 3.36. The standard InChI is InChI=1S/C14H29NO/c1-5-9-15-13(11-12(2)3)14(4)8-6-7-10-16-14/h12-13,15H,5-11H2,1-4H3. The van der Waals surface area contributed by atoms with Crippen molar-refractivity contribution in [1.29, 1.82) is 0 Å². The molecule has 0 amide bonds. The predicted molar refractivity (Wildman–Crippen MR) is 69.7 cm³/mol. The van der Waals surface area contributed by atoms with Crippen LogP contribution in [0.2, 0.25) is 0 Å². The summed E-state index contributed by atoms with van der Waals surface area (Å²) in [5.74, 6) is 0.733. The van der Waals surface area contributed by atoms with E-state index in [0.717, 1.165) is 19.1 Å². The highest BCUT2D eigenvalue weighted by atomic mass is 16.5. The van der Waals surface area contributed by atoms with Gasteiger partial charge >= 0.3 is 0 Å². The Labute approximate surface area is 101 Å². The second-order valence-electron chi connectivity index (χ2n) is 5.75. The van der Waals surface area contributed by atoms with Crippen molar-refractivity contribution < 1.29 is 4.74 Å². The average molecular weight is 227 g/mol. The third-order valence-electron chi connectivity index (χ3n) is 3.58. The van der Waals surface area contributed by atoms with Crippen LogP contribution in [0, 0.1) is 5.92 Å². The molecule has 2 atom stereocenters. The summed E-state index contributed by atoms with van der Waals surface area (Å²) in [5.41, 5.74) is 0.0672. The maximum absolute atomic E-state index is 6.06. The number of rotatable bonds is 6. The number of hydrogen-bond donors (Lipinski definition) is 1. The van der Waals surface area contributed by atoms with E-state index in [1.165, 1.54) is 32.1 Å². The summed E-state index contributed by atoms with van der Waals surface area (Å²) in [6.45, 7) is 11.2. The monoisotopic (exact) mass is 227 g/mol. The second-order valence-corrected chi connectivity index (χ2v) is 5.75. The molecular formula is C14H29NO. The molecule has 0 bridgehead atoms. The molecule has 0 aliphatic carbocycles. The van der Waals surface area contributed by atoms with Crippen molar-refractivity contribution in [3.8, 4) is 0 Å². The van der Waals surface area contributed by atoms with Crippen molar-refractivity contribution in [2.75, 3.05) is 13.2 Å². The van der Waals surface area contributed by atoms with Gasteiger partial charge in [0, 0.05) is 12.6 Å². The molecule has 96 valence electrons. The highest BCUT2D eigenvalue weighted by Crippen LogP contribution is 2.30. The first-order valence-corrected chi connectivity index (χ1v) is 6.96. The topological polar surface area (TPSA) is 21.3 Å². The SMILES string of the molecule is CCCNC(CC(C)C)C1(C)CCCCO1. The van der Waals surface area contributed by atoms with Gasteiger partial charge in [-0.25, -0.2) is 0 Å². The van der Waals surface area contributed by atoms with Crippen molar-refractivity contribution >= 4 is 0 Å². The summed E-state index contributed by atoms with van der Waals surface area (Å²) >= 11 is 0. The van der Waals surface area contributed by atoms with E-state index in [-0.39, 0.29) is 5.60 Å². The van der Waals surface area contributed by atoms with Gasteiger partial charge < -0.3 is 10.1 Å². The zero-order valence-corrected chi connectivity index (χ0v) is 11.5. The lowest BCUT2D eigenvalue weighted by Gasteiger charge is -2.42. The van der Waals surface area contributed by atoms with Gasteiger partial charge in [0.1, 0.15) is 0 Å². The van der Waals surface area contributed by atoms with E-state index in [0.29, 0.717) is 6.04 Å². The molecule has 1 heterocycles. The van der Waals surface area contributed by atoms with Gasteiger partial charge in [0.15, 0.2) is 0 Å². The van der Waals surface area contributed by atoms with E-state index < -0.39 is 0 Å². The molecular weight excluding hydrogens is 198 g/mol. The minimum absolute atomic E-state index is 0.0672. The lowest BCUT2D eigenvalue weighted by atomic mass is 9.83. The first kappa shape index (κ1) is 14.0. The molecule has 1 aliphatic rings. The zero-order valence-electron chi connectivity index (χ0n) is 11.5. The number of nitrogens with one attached hydrogen (secondary N) is 1. The Morgan fingerprint density at radius 1 is 1.31 bits per heavy atom. The van der Waals surface area contributed by atoms with Gasteiger partial charge in [-0.2, -0.15) is 0 Å². The molecule has 0 spiro atoms. The molecule has 0 aromatic rings. The van der Waals surface area contributed by atoms with E-state index in [1.54, 1.807) is 0 Å². The van der Waals surface area contributed by atoms with Crippen LogP contribution in [0.4, 0.5) is 0 Å². The Morgan fingerprint density at radius 3 is 2.56 bits per heavy atom. The Morgan fingerprint density at radius 2 is 2.06 bits per heavy atom. The molecule has 2 nitrogen and oxygen atoms in total. The van der Waals surface area contributed by atoms with Gasteiger partial charge in [-0.15, -0.1) is 0 Å². The smallest absolute Gasteiger partial charge is 0.0806 e. The summed E-state index contributed by atoms with van der Waals surface area (Å²) in [4.78, 5) is 0. The summed E-state index contributed by atoms with van der Waals surface area (Å²) in [5, 5.41) is 3.69. The molecule has 1 rings (SSSR count). The third kappa shape index (κ3) is 4.06. The van der Waals surface area contributed by atoms with Crippen LogP contribution in [0.1, 0.15) is 59.8 Å². The molecule has 16 heavy (non-hydrogen) atoms. The molecule has 1 fully saturated rings. The largest absolute Gasteiger partial charge is 0.374 e. The summed E-state index contributed by atoms with van der Waals surface area (Å²) in [7, 11) is 0. The highest BCUT2D eigenvalue weighted by molar-refractivity contribution is 4.91. The van der Waals surface area contributed by atoms with Crippen LogP contribution in [-0.2, 0) is 4.74 Å². The van der Waals surface area contributed by atoms with E-state index >= 15 is 0 Å². The third-order valence-corrected chi connectivity index (χ3v) is 3.58. The lowest BCUT2D eigenvalue weighted by Crippen LogP contribution is -2.52. The summed E-state index contributed by atoms with van der Waals surface area (Å²) in [6, 6.07) is 0.521. The van der Waals surface area contributed by atoms with Gasteiger partial charge in [0.25, 0.3) is 0 Å². The fraction of sp³-hybridized carbons (Fsp3) is 1.00. The maximum Gasteiger partial charge on any atom is 0.0806 e. The molecule has 1 N–H and O–H groups in total. The zero-order chi connectivity index (χ0) is 12.0. The molecule has 1 aliphatic heterocycles. The van der Waals surface area contributed by atoms with Crippen LogP contribution >= 0.6 is 0 Å². The molecule has 2 unspecified atom stereocenters. The summed E-state index contributed by atoms with van der Waals surface area (Å²) < 4.78 is 6.06. The van der Waals surface area contributed by atoms with E-state index in [4.69, 9.17) is 4.74 Å². The van der Waals surface area contributed by atoms with Gasteiger partial charge in [0.05, 0.1) is 5.60 Å². The normalized spacial score (nSPS) is 28.3. The fourth-order valence-corrected chi connectivity index (χ4v) is 2.57. The van der Waals surface area contributed by atoms with E-state index in [1.807, 2.05) is 0 Å². The Hall–Kier alpha value is -0.0800. The Balaban J connectivity index is 2.57. The second kappa shape index (κ2) is 6.61. The van der Waals surface area contributed by atoms with Crippen molar-refractivity contribution in [2.45, 2.75) is 71.4 Å². The van der Waals surface area contributed by atoms with Gasteiger partial charge in [-0.05, 0) is 51.5 Å². The maximum atomic E-state index is 6.06. The molecule has 2 heteroatoms. The van der Waals surface area contributed by atoms with E-state index in [9.17, 15) is 0 Å². The average Bonchev–Trinajstić information content (AvgIpc) is 2.24. The van der Waals surface area contributed by atoms with Gasteiger partial charge in [-0.3, -0.25) is 0 Å². The Bertz CT molecular complexity index is 185. The van der Waals surface area contributed by atoms with Crippen LogP contribution in [0.15, 0.2) is 0 Å². The minimum Gasteiger partial charge on any atom is -0.374 e. The van der Waals surface area contributed by atoms with Crippen LogP contribution in [0.25, 0.3) is 0 Å². The van der Waals surface area contributed by atoms with Crippen LogP contribution in [-0.4, -0.2) is 24.8 Å². The minimum atomic E-state index is 0.0672.